The fourth-order valence-corrected chi connectivity index (χ4v) is 5.24. The van der Waals surface area contributed by atoms with Gasteiger partial charge in [0.05, 0.1) is 34.8 Å². The molecule has 35 heavy (non-hydrogen) atoms. The number of hydrogen-bond donors (Lipinski definition) is 2. The number of carboxylic acids is 1. The first-order valence-corrected chi connectivity index (χ1v) is 12.1. The Kier molecular flexibility index (Phi) is 6.24. The van der Waals surface area contributed by atoms with Gasteiger partial charge >= 0.3 is 5.97 Å². The first-order chi connectivity index (χ1) is 16.9. The molecule has 4 aromatic rings. The van der Waals surface area contributed by atoms with Gasteiger partial charge in [-0.25, -0.2) is 4.39 Å². The van der Waals surface area contributed by atoms with Gasteiger partial charge in [0.25, 0.3) is 5.91 Å². The van der Waals surface area contributed by atoms with Crippen molar-refractivity contribution in [2.45, 2.75) is 45.2 Å². The Morgan fingerprint density at radius 2 is 1.86 bits per heavy atom. The third-order valence-electron chi connectivity index (χ3n) is 7.26. The Balaban J connectivity index is 1.36. The number of pyridine rings is 1. The minimum atomic E-state index is -0.724. The summed E-state index contributed by atoms with van der Waals surface area (Å²) in [5.41, 5.74) is 2.79. The second kappa shape index (κ2) is 9.49. The summed E-state index contributed by atoms with van der Waals surface area (Å²) in [6.45, 7) is 2.45. The molecule has 1 aliphatic carbocycles. The highest BCUT2D eigenvalue weighted by molar-refractivity contribution is 6.06. The average molecular weight is 474 g/mol. The number of carbonyl (C=O) groups excluding carboxylic acids is 1. The van der Waals surface area contributed by atoms with Crippen LogP contribution < -0.4 is 5.32 Å². The van der Waals surface area contributed by atoms with Crippen molar-refractivity contribution in [3.05, 3.63) is 77.9 Å². The second-order valence-corrected chi connectivity index (χ2v) is 9.54. The molecule has 2 heterocycles. The molecule has 0 aliphatic heterocycles. The summed E-state index contributed by atoms with van der Waals surface area (Å²) in [7, 11) is 0. The van der Waals surface area contributed by atoms with Crippen LogP contribution in [-0.4, -0.2) is 32.6 Å². The zero-order valence-corrected chi connectivity index (χ0v) is 19.6. The molecule has 0 radical (unpaired) electrons. The average Bonchev–Trinajstić information content (AvgIpc) is 3.26. The van der Waals surface area contributed by atoms with Crippen LogP contribution in [0, 0.1) is 17.7 Å². The van der Waals surface area contributed by atoms with E-state index in [2.05, 4.69) is 10.3 Å². The summed E-state index contributed by atoms with van der Waals surface area (Å²) in [5.74, 6) is -1.19. The largest absolute Gasteiger partial charge is 0.481 e. The van der Waals surface area contributed by atoms with Crippen LogP contribution in [0.25, 0.3) is 21.8 Å². The third-order valence-corrected chi connectivity index (χ3v) is 7.26. The fourth-order valence-electron chi connectivity index (χ4n) is 5.24. The Labute approximate surface area is 202 Å². The minimum absolute atomic E-state index is 0.0482. The Morgan fingerprint density at radius 3 is 2.63 bits per heavy atom. The molecule has 1 atom stereocenters. The van der Waals surface area contributed by atoms with Crippen molar-refractivity contribution in [1.82, 2.24) is 14.9 Å². The van der Waals surface area contributed by atoms with Crippen LogP contribution in [-0.2, 0) is 11.3 Å². The number of nitrogens with zero attached hydrogens (tertiary/aromatic N) is 2. The number of amides is 1. The van der Waals surface area contributed by atoms with Gasteiger partial charge in [-0.15, -0.1) is 0 Å². The monoisotopic (exact) mass is 473 g/mol. The van der Waals surface area contributed by atoms with E-state index in [0.29, 0.717) is 30.5 Å². The van der Waals surface area contributed by atoms with Crippen LogP contribution in [0.1, 0.15) is 48.7 Å². The molecule has 7 heteroatoms. The molecule has 0 spiro atoms. The highest BCUT2D eigenvalue weighted by atomic mass is 19.1. The van der Waals surface area contributed by atoms with Crippen LogP contribution >= 0.6 is 0 Å². The van der Waals surface area contributed by atoms with Crippen molar-refractivity contribution in [2.75, 3.05) is 0 Å². The van der Waals surface area contributed by atoms with Crippen molar-refractivity contribution < 1.29 is 19.1 Å². The number of carbonyl (C=O) groups is 2. The number of rotatable bonds is 6. The van der Waals surface area contributed by atoms with E-state index in [0.717, 1.165) is 34.8 Å². The van der Waals surface area contributed by atoms with Gasteiger partial charge in [-0.3, -0.25) is 14.6 Å². The van der Waals surface area contributed by atoms with E-state index in [4.69, 9.17) is 0 Å². The Bertz CT molecular complexity index is 1410. The molecule has 1 aliphatic rings. The van der Waals surface area contributed by atoms with Gasteiger partial charge in [-0.1, -0.05) is 18.2 Å². The number of aliphatic carboxylic acids is 1. The highest BCUT2D eigenvalue weighted by Gasteiger charge is 2.29. The van der Waals surface area contributed by atoms with Crippen molar-refractivity contribution in [1.29, 1.82) is 0 Å². The topological polar surface area (TPSA) is 84.2 Å². The van der Waals surface area contributed by atoms with Gasteiger partial charge in [0.15, 0.2) is 0 Å². The van der Waals surface area contributed by atoms with Crippen molar-refractivity contribution in [3.63, 3.8) is 0 Å². The predicted molar refractivity (Wildman–Crippen MR) is 133 cm³/mol. The summed E-state index contributed by atoms with van der Waals surface area (Å²) in [6.07, 6.45) is 4.85. The van der Waals surface area contributed by atoms with E-state index < -0.39 is 5.97 Å². The van der Waals surface area contributed by atoms with Crippen LogP contribution in [0.4, 0.5) is 4.39 Å². The Morgan fingerprint density at radius 1 is 1.09 bits per heavy atom. The second-order valence-electron chi connectivity index (χ2n) is 9.54. The number of benzene rings is 2. The minimum Gasteiger partial charge on any atom is -0.481 e. The number of aromatic nitrogens is 2. The molecule has 2 N–H and O–H groups in total. The maximum absolute atomic E-state index is 13.7. The standard InChI is InChI=1S/C28H28FN3O3/c1-17(18-5-7-21(8-6-18)28(34)35)30-27(33)24-4-2-3-20-13-14-32(26(20)24)16-23-12-10-19-9-11-22(29)15-25(19)31-23/h2-4,9-15,17-18,21H,5-8,16H2,1H3,(H,30,33)(H,34,35)/t17-,18?,21?/m0/s1. The van der Waals surface area contributed by atoms with Gasteiger partial charge in [-0.2, -0.15) is 0 Å². The van der Waals surface area contributed by atoms with Crippen molar-refractivity contribution >= 4 is 33.7 Å². The van der Waals surface area contributed by atoms with Gasteiger partial charge in [-0.05, 0) is 68.9 Å². The molecule has 0 bridgehead atoms. The van der Waals surface area contributed by atoms with Crippen LogP contribution in [0.15, 0.2) is 60.8 Å². The van der Waals surface area contributed by atoms with Crippen molar-refractivity contribution in [2.24, 2.45) is 11.8 Å². The maximum atomic E-state index is 13.7. The van der Waals surface area contributed by atoms with Gasteiger partial charge in [0.2, 0.25) is 0 Å². The normalized spacial score (nSPS) is 19.0. The lowest BCUT2D eigenvalue weighted by atomic mass is 9.79. The predicted octanol–water partition coefficient (Wildman–Crippen LogP) is 5.39. The first-order valence-electron chi connectivity index (χ1n) is 12.1. The summed E-state index contributed by atoms with van der Waals surface area (Å²) in [4.78, 5) is 29.2. The van der Waals surface area contributed by atoms with E-state index in [9.17, 15) is 19.1 Å². The van der Waals surface area contributed by atoms with Crippen LogP contribution in [0.3, 0.4) is 0 Å². The maximum Gasteiger partial charge on any atom is 0.306 e. The SMILES string of the molecule is C[C@H](NC(=O)c1cccc2ccn(Cc3ccc4ccc(F)cc4n3)c12)C1CCC(C(=O)O)CC1. The zero-order chi connectivity index (χ0) is 24.5. The summed E-state index contributed by atoms with van der Waals surface area (Å²) in [5, 5.41) is 14.2. The molecule has 0 unspecified atom stereocenters. The van der Waals surface area contributed by atoms with E-state index in [1.807, 2.05) is 54.1 Å². The number of halogens is 1. The molecule has 1 amide bonds. The van der Waals surface area contributed by atoms with E-state index in [1.54, 1.807) is 6.07 Å². The van der Waals surface area contributed by atoms with Crippen molar-refractivity contribution in [3.8, 4) is 0 Å². The lowest BCUT2D eigenvalue weighted by Crippen LogP contribution is -2.40. The Hall–Kier alpha value is -3.74. The molecule has 6 nitrogen and oxygen atoms in total. The third kappa shape index (κ3) is 4.76. The molecule has 2 aromatic heterocycles. The summed E-state index contributed by atoms with van der Waals surface area (Å²) < 4.78 is 15.7. The zero-order valence-electron chi connectivity index (χ0n) is 19.6. The number of carboxylic acid groups (broad SMARTS) is 1. The van der Waals surface area contributed by atoms with Gasteiger partial charge < -0.3 is 15.0 Å². The lowest BCUT2D eigenvalue weighted by molar-refractivity contribution is -0.143. The number of fused-ring (bicyclic) bond motifs is 2. The molecular formula is C28H28FN3O3. The summed E-state index contributed by atoms with van der Waals surface area (Å²) in [6, 6.07) is 16.0. The van der Waals surface area contributed by atoms with Gasteiger partial charge in [0.1, 0.15) is 5.82 Å². The molecule has 1 fully saturated rings. The molecular weight excluding hydrogens is 445 g/mol. The van der Waals surface area contributed by atoms with E-state index >= 15 is 0 Å². The molecule has 2 aromatic carbocycles. The quantitative estimate of drug-likeness (QED) is 0.393. The number of para-hydroxylation sites is 1. The first kappa shape index (κ1) is 23.0. The molecule has 5 rings (SSSR count). The smallest absolute Gasteiger partial charge is 0.306 e. The van der Waals surface area contributed by atoms with E-state index in [1.165, 1.54) is 12.1 Å². The molecule has 1 saturated carbocycles. The lowest BCUT2D eigenvalue weighted by Gasteiger charge is -2.31. The molecule has 180 valence electrons. The number of hydrogen-bond acceptors (Lipinski definition) is 3. The molecule has 0 saturated heterocycles. The van der Waals surface area contributed by atoms with E-state index in [-0.39, 0.29) is 29.6 Å². The van der Waals surface area contributed by atoms with Crippen LogP contribution in [0.2, 0.25) is 0 Å². The number of nitrogens with one attached hydrogen (secondary N) is 1. The van der Waals surface area contributed by atoms with Crippen LogP contribution in [0.5, 0.6) is 0 Å². The fraction of sp³-hybridized carbons (Fsp3) is 0.321. The summed E-state index contributed by atoms with van der Waals surface area (Å²) >= 11 is 0. The van der Waals surface area contributed by atoms with Gasteiger partial charge in [0, 0.05) is 29.1 Å². The highest BCUT2D eigenvalue weighted by Crippen LogP contribution is 2.31.